The number of halogens is 2. The number of hydrogen-bond acceptors (Lipinski definition) is 5. The van der Waals surface area contributed by atoms with Crippen molar-refractivity contribution in [1.82, 2.24) is 14.2 Å². The van der Waals surface area contributed by atoms with Crippen LogP contribution in [-0.4, -0.2) is 66.4 Å². The number of pyridine rings is 1. The zero-order chi connectivity index (χ0) is 25.1. The molecule has 36 heavy (non-hydrogen) atoms. The Kier molecular flexibility index (Phi) is 5.79. The second-order valence-electron chi connectivity index (χ2n) is 9.78. The first-order valence-corrected chi connectivity index (χ1v) is 13.9. The van der Waals surface area contributed by atoms with E-state index in [9.17, 15) is 13.2 Å². The first-order chi connectivity index (χ1) is 17.3. The maximum Gasteiger partial charge on any atom is 0.248 e. The molecule has 2 saturated heterocycles. The molecule has 0 unspecified atom stereocenters. The molecule has 3 aromatic rings. The van der Waals surface area contributed by atoms with E-state index in [0.29, 0.717) is 30.5 Å². The van der Waals surface area contributed by atoms with E-state index in [1.54, 1.807) is 12.3 Å². The van der Waals surface area contributed by atoms with E-state index in [0.717, 1.165) is 23.7 Å². The molecule has 0 atom stereocenters. The van der Waals surface area contributed by atoms with Crippen LogP contribution >= 0.6 is 11.6 Å². The van der Waals surface area contributed by atoms with Crippen molar-refractivity contribution in [3.8, 4) is 11.1 Å². The summed E-state index contributed by atoms with van der Waals surface area (Å²) in [6.07, 6.45) is 4.58. The van der Waals surface area contributed by atoms with Crippen molar-refractivity contribution in [3.63, 3.8) is 0 Å². The number of carbonyl (C=O) groups is 1. The maximum atomic E-state index is 15.4. The minimum atomic E-state index is -4.11. The van der Waals surface area contributed by atoms with Crippen LogP contribution in [0.1, 0.15) is 25.7 Å². The first kappa shape index (κ1) is 23.8. The van der Waals surface area contributed by atoms with Gasteiger partial charge in [0.1, 0.15) is 11.5 Å². The van der Waals surface area contributed by atoms with Crippen molar-refractivity contribution < 1.29 is 22.3 Å². The Morgan fingerprint density at radius 1 is 1.11 bits per heavy atom. The molecule has 0 radical (unpaired) electrons. The highest BCUT2D eigenvalue weighted by Crippen LogP contribution is 2.39. The summed E-state index contributed by atoms with van der Waals surface area (Å²) in [7, 11) is -4.11. The highest BCUT2D eigenvalue weighted by molar-refractivity contribution is 7.89. The molecule has 2 aromatic carbocycles. The third-order valence-electron chi connectivity index (χ3n) is 7.48. The van der Waals surface area contributed by atoms with Crippen LogP contribution in [0.3, 0.4) is 0 Å². The molecule has 1 amide bonds. The molecule has 1 spiro atoms. The van der Waals surface area contributed by atoms with Gasteiger partial charge in [-0.25, -0.2) is 12.8 Å². The third-order valence-corrected chi connectivity index (χ3v) is 9.77. The van der Waals surface area contributed by atoms with Gasteiger partial charge in [-0.15, -0.1) is 0 Å². The molecule has 0 bridgehead atoms. The van der Waals surface area contributed by atoms with Crippen LogP contribution < -0.4 is 0 Å². The van der Waals surface area contributed by atoms with Crippen LogP contribution in [0.15, 0.2) is 53.6 Å². The van der Waals surface area contributed by atoms with Gasteiger partial charge in [0.2, 0.25) is 15.9 Å². The van der Waals surface area contributed by atoms with Crippen molar-refractivity contribution in [1.29, 1.82) is 0 Å². The summed E-state index contributed by atoms with van der Waals surface area (Å²) in [5.74, 6) is -0.966. The Balaban J connectivity index is 1.23. The number of nitrogens with zero attached hydrogens (tertiary/aromatic N) is 3. The standard InChI is InChI=1S/C26H25ClFN3O4S/c27-24-20(18-4-3-17-2-1-11-29-21(17)14-18)7-8-22(25(24)28)36(33,34)30-12-9-26(10-13-30)16-31(19-5-6-19)23(32)15-35-26/h1-4,7-8,11,14,19H,5-6,9-10,12-13,15-16H2. The van der Waals surface area contributed by atoms with Crippen molar-refractivity contribution in [2.45, 2.75) is 42.2 Å². The lowest BCUT2D eigenvalue weighted by molar-refractivity contribution is -0.170. The number of carbonyl (C=O) groups excluding carboxylic acids is 1. The van der Waals surface area contributed by atoms with E-state index >= 15 is 4.39 Å². The fourth-order valence-corrected chi connectivity index (χ4v) is 7.06. The van der Waals surface area contributed by atoms with Gasteiger partial charge in [-0.3, -0.25) is 9.78 Å². The number of piperidine rings is 1. The molecule has 3 aliphatic rings. The molecule has 0 N–H and O–H groups in total. The molecule has 2 aliphatic heterocycles. The molecule has 1 aromatic heterocycles. The van der Waals surface area contributed by atoms with Gasteiger partial charge in [0.25, 0.3) is 0 Å². The Labute approximate surface area is 213 Å². The highest BCUT2D eigenvalue weighted by atomic mass is 35.5. The topological polar surface area (TPSA) is 79.8 Å². The number of sulfonamides is 1. The van der Waals surface area contributed by atoms with E-state index < -0.39 is 26.3 Å². The molecule has 3 heterocycles. The van der Waals surface area contributed by atoms with Crippen LogP contribution in [0.4, 0.5) is 4.39 Å². The fourth-order valence-electron chi connectivity index (χ4n) is 5.22. The van der Waals surface area contributed by atoms with Crippen LogP contribution in [0.2, 0.25) is 5.02 Å². The molecule has 7 nitrogen and oxygen atoms in total. The molecule has 1 aliphatic carbocycles. The quantitative estimate of drug-likeness (QED) is 0.505. The van der Waals surface area contributed by atoms with Crippen LogP contribution in [-0.2, 0) is 19.6 Å². The smallest absolute Gasteiger partial charge is 0.248 e. The summed E-state index contributed by atoms with van der Waals surface area (Å²) < 4.78 is 49.4. The summed E-state index contributed by atoms with van der Waals surface area (Å²) in [5.41, 5.74) is 1.24. The van der Waals surface area contributed by atoms with Gasteiger partial charge in [0.15, 0.2) is 5.82 Å². The summed E-state index contributed by atoms with van der Waals surface area (Å²) in [5, 5.41) is 0.695. The number of rotatable bonds is 4. The predicted molar refractivity (Wildman–Crippen MR) is 134 cm³/mol. The monoisotopic (exact) mass is 529 g/mol. The third kappa shape index (κ3) is 4.08. The van der Waals surface area contributed by atoms with E-state index in [1.165, 1.54) is 16.4 Å². The number of hydrogen-bond donors (Lipinski definition) is 0. The average Bonchev–Trinajstić information content (AvgIpc) is 3.73. The Morgan fingerprint density at radius 3 is 2.64 bits per heavy atom. The van der Waals surface area contributed by atoms with Gasteiger partial charge >= 0.3 is 0 Å². The second-order valence-corrected chi connectivity index (χ2v) is 12.1. The maximum absolute atomic E-state index is 15.4. The summed E-state index contributed by atoms with van der Waals surface area (Å²) in [4.78, 5) is 18.0. The lowest BCUT2D eigenvalue weighted by Crippen LogP contribution is -2.59. The van der Waals surface area contributed by atoms with Gasteiger partial charge in [0.05, 0.1) is 22.7 Å². The molecule has 6 rings (SSSR count). The number of amides is 1. The van der Waals surface area contributed by atoms with Crippen LogP contribution in [0.25, 0.3) is 22.0 Å². The Hall–Kier alpha value is -2.59. The normalized spacial score (nSPS) is 20.8. The SMILES string of the molecule is O=C1COC2(CCN(S(=O)(=O)c3ccc(-c4ccc5cccnc5c4)c(Cl)c3F)CC2)CN1C1CC1. The number of fused-ring (bicyclic) bond motifs is 1. The molecule has 10 heteroatoms. The zero-order valence-corrected chi connectivity index (χ0v) is 21.1. The van der Waals surface area contributed by atoms with Gasteiger partial charge in [-0.2, -0.15) is 4.31 Å². The number of ether oxygens (including phenoxy) is 1. The summed E-state index contributed by atoms with van der Waals surface area (Å²) >= 11 is 6.38. The van der Waals surface area contributed by atoms with E-state index in [1.807, 2.05) is 29.2 Å². The highest BCUT2D eigenvalue weighted by Gasteiger charge is 2.47. The zero-order valence-electron chi connectivity index (χ0n) is 19.5. The number of morpholine rings is 1. The predicted octanol–water partition coefficient (Wildman–Crippen LogP) is 4.24. The summed E-state index contributed by atoms with van der Waals surface area (Å²) in [6, 6.07) is 12.3. The molecular formula is C26H25ClFN3O4S. The number of aromatic nitrogens is 1. The van der Waals surface area contributed by atoms with Crippen LogP contribution in [0.5, 0.6) is 0 Å². The van der Waals surface area contributed by atoms with Gasteiger partial charge in [-0.05, 0) is 49.4 Å². The lowest BCUT2D eigenvalue weighted by Gasteiger charge is -2.46. The van der Waals surface area contributed by atoms with Crippen molar-refractivity contribution in [2.24, 2.45) is 0 Å². The van der Waals surface area contributed by atoms with E-state index in [4.69, 9.17) is 16.3 Å². The largest absolute Gasteiger partial charge is 0.363 e. The first-order valence-electron chi connectivity index (χ1n) is 12.0. The minimum Gasteiger partial charge on any atom is -0.363 e. The van der Waals surface area contributed by atoms with Crippen molar-refractivity contribution in [2.75, 3.05) is 26.2 Å². The van der Waals surface area contributed by atoms with Gasteiger partial charge < -0.3 is 9.64 Å². The van der Waals surface area contributed by atoms with Gasteiger partial charge in [0, 0.05) is 36.3 Å². The lowest BCUT2D eigenvalue weighted by atomic mass is 9.90. The number of benzene rings is 2. The average molecular weight is 530 g/mol. The van der Waals surface area contributed by atoms with E-state index in [-0.39, 0.29) is 36.7 Å². The molecule has 3 fully saturated rings. The van der Waals surface area contributed by atoms with Crippen molar-refractivity contribution >= 4 is 38.4 Å². The van der Waals surface area contributed by atoms with Crippen molar-refractivity contribution in [3.05, 3.63) is 59.5 Å². The minimum absolute atomic E-state index is 0.00262. The molecule has 1 saturated carbocycles. The Bertz CT molecular complexity index is 1470. The Morgan fingerprint density at radius 2 is 1.89 bits per heavy atom. The molecule has 188 valence electrons. The van der Waals surface area contributed by atoms with Crippen LogP contribution in [0, 0.1) is 5.82 Å². The second kappa shape index (κ2) is 8.76. The van der Waals surface area contributed by atoms with E-state index in [2.05, 4.69) is 4.98 Å². The molecular weight excluding hydrogens is 505 g/mol. The summed E-state index contributed by atoms with van der Waals surface area (Å²) in [6.45, 7) is 0.882. The van der Waals surface area contributed by atoms with Gasteiger partial charge in [-0.1, -0.05) is 35.9 Å². The fraction of sp³-hybridized carbons (Fsp3) is 0.385.